The zero-order valence-electron chi connectivity index (χ0n) is 18.9. The van der Waals surface area contributed by atoms with E-state index in [1.54, 1.807) is 18.3 Å². The summed E-state index contributed by atoms with van der Waals surface area (Å²) >= 11 is 1.60. The van der Waals surface area contributed by atoms with Crippen molar-refractivity contribution in [3.8, 4) is 5.75 Å². The third kappa shape index (κ3) is 4.28. The van der Waals surface area contributed by atoms with Gasteiger partial charge in [-0.15, -0.1) is 11.3 Å². The van der Waals surface area contributed by atoms with E-state index in [2.05, 4.69) is 4.98 Å². The fraction of sp³-hybridized carbons (Fsp3) is 0.333. The van der Waals surface area contributed by atoms with E-state index in [0.29, 0.717) is 41.2 Å². The van der Waals surface area contributed by atoms with E-state index in [1.807, 2.05) is 70.2 Å². The zero-order chi connectivity index (χ0) is 23.0. The van der Waals surface area contributed by atoms with Gasteiger partial charge in [0.1, 0.15) is 23.0 Å². The molecule has 2 aromatic heterocycles. The molecule has 0 fully saturated rings. The van der Waals surface area contributed by atoms with Crippen molar-refractivity contribution in [2.24, 2.45) is 0 Å². The summed E-state index contributed by atoms with van der Waals surface area (Å²) in [6.45, 7) is 9.80. The monoisotopic (exact) mass is 453 g/mol. The Morgan fingerprint density at radius 2 is 1.97 bits per heavy atom. The lowest BCUT2D eigenvalue weighted by molar-refractivity contribution is 0.0541. The van der Waals surface area contributed by atoms with Crippen molar-refractivity contribution in [3.63, 3.8) is 0 Å². The number of carbonyl (C=O) groups is 1. The minimum absolute atomic E-state index is 0.336. The molecule has 0 spiro atoms. The Hall–Kier alpha value is -3.10. The molecular formula is C24H27N3O4S. The fourth-order valence-electron chi connectivity index (χ4n) is 3.62. The minimum Gasteiger partial charge on any atom is -0.486 e. The first kappa shape index (κ1) is 22.1. The molecule has 0 aliphatic carbocycles. The highest BCUT2D eigenvalue weighted by Gasteiger charge is 2.26. The summed E-state index contributed by atoms with van der Waals surface area (Å²) < 4.78 is 14.2. The molecule has 2 aromatic carbocycles. The number of rotatable bonds is 5. The average Bonchev–Trinajstić information content (AvgIpc) is 3.27. The maximum Gasteiger partial charge on any atom is 0.419 e. The molecule has 1 N–H and O–H groups in total. The fourth-order valence-corrected chi connectivity index (χ4v) is 4.51. The quantitative estimate of drug-likeness (QED) is 0.366. The molecule has 0 aliphatic rings. The number of hydrogen-bond donors (Lipinski definition) is 1. The van der Waals surface area contributed by atoms with E-state index in [1.165, 1.54) is 4.57 Å². The molecule has 0 radical (unpaired) electrons. The van der Waals surface area contributed by atoms with Gasteiger partial charge in [-0.25, -0.2) is 14.3 Å². The van der Waals surface area contributed by atoms with Crippen LogP contribution in [0.3, 0.4) is 0 Å². The second-order valence-electron chi connectivity index (χ2n) is 8.51. The summed E-state index contributed by atoms with van der Waals surface area (Å²) in [5.41, 5.74) is 2.12. The van der Waals surface area contributed by atoms with Gasteiger partial charge >= 0.3 is 6.09 Å². The number of nitrogens with zero attached hydrogens (tertiary/aromatic N) is 3. The number of hydrogen-bond acceptors (Lipinski definition) is 7. The summed E-state index contributed by atoms with van der Waals surface area (Å²) in [5.74, 6) is 0.629. The van der Waals surface area contributed by atoms with Crippen molar-refractivity contribution in [1.82, 2.24) is 9.55 Å². The van der Waals surface area contributed by atoms with Gasteiger partial charge < -0.3 is 9.47 Å². The molecule has 0 saturated carbocycles. The lowest BCUT2D eigenvalue weighted by Gasteiger charge is -2.21. The lowest BCUT2D eigenvalue weighted by atomic mass is 10.2. The highest BCUT2D eigenvalue weighted by atomic mass is 32.1. The summed E-state index contributed by atoms with van der Waals surface area (Å²) in [6, 6.07) is 13.4. The third-order valence-electron chi connectivity index (χ3n) is 4.98. The number of ether oxygens (including phenoxy) is 2. The minimum atomic E-state index is -0.635. The Morgan fingerprint density at radius 3 is 2.66 bits per heavy atom. The predicted molar refractivity (Wildman–Crippen MR) is 127 cm³/mol. The van der Waals surface area contributed by atoms with Crippen LogP contribution >= 0.6 is 11.3 Å². The van der Waals surface area contributed by atoms with Crippen molar-refractivity contribution < 1.29 is 19.5 Å². The van der Waals surface area contributed by atoms with Crippen LogP contribution in [0.15, 0.2) is 42.5 Å². The van der Waals surface area contributed by atoms with Crippen molar-refractivity contribution in [3.05, 3.63) is 53.2 Å². The van der Waals surface area contributed by atoms with Gasteiger partial charge in [-0.05, 0) is 65.0 Å². The second kappa shape index (κ2) is 8.44. The number of carbonyl (C=O) groups excluding carboxylic acids is 1. The Morgan fingerprint density at radius 1 is 1.22 bits per heavy atom. The molecule has 0 unspecified atom stereocenters. The van der Waals surface area contributed by atoms with E-state index < -0.39 is 11.7 Å². The molecule has 0 atom stereocenters. The average molecular weight is 454 g/mol. The van der Waals surface area contributed by atoms with Crippen LogP contribution in [-0.2, 0) is 11.3 Å². The third-order valence-corrected chi connectivity index (χ3v) is 5.99. The summed E-state index contributed by atoms with van der Waals surface area (Å²) in [5, 5.41) is 13.3. The molecule has 32 heavy (non-hydrogen) atoms. The smallest absolute Gasteiger partial charge is 0.419 e. The molecule has 0 saturated heterocycles. The lowest BCUT2D eigenvalue weighted by Crippen LogP contribution is -2.28. The normalized spacial score (nSPS) is 11.8. The van der Waals surface area contributed by atoms with Gasteiger partial charge in [0.25, 0.3) is 0 Å². The summed E-state index contributed by atoms with van der Waals surface area (Å²) in [7, 11) is 0. The van der Waals surface area contributed by atoms with Crippen LogP contribution in [0.2, 0.25) is 0 Å². The van der Waals surface area contributed by atoms with Gasteiger partial charge in [-0.2, -0.15) is 0 Å². The van der Waals surface area contributed by atoms with Crippen LogP contribution in [0.4, 0.5) is 10.5 Å². The van der Waals surface area contributed by atoms with Gasteiger partial charge in [-0.3, -0.25) is 10.3 Å². The Kier molecular flexibility index (Phi) is 5.83. The number of benzene rings is 2. The summed E-state index contributed by atoms with van der Waals surface area (Å²) in [6.07, 6.45) is -0.487. The molecule has 168 valence electrons. The Labute approximate surface area is 190 Å². The highest BCUT2D eigenvalue weighted by Crippen LogP contribution is 2.36. The molecule has 4 aromatic rings. The second-order valence-corrected chi connectivity index (χ2v) is 9.62. The number of fused-ring (bicyclic) bond motifs is 2. The van der Waals surface area contributed by atoms with Crippen molar-refractivity contribution >= 4 is 44.2 Å². The van der Waals surface area contributed by atoms with E-state index in [9.17, 15) is 10.0 Å². The molecule has 4 rings (SSSR count). The number of thiazole rings is 1. The first-order valence-corrected chi connectivity index (χ1v) is 11.3. The van der Waals surface area contributed by atoms with Crippen LogP contribution < -0.4 is 9.80 Å². The van der Waals surface area contributed by atoms with Gasteiger partial charge in [-0.1, -0.05) is 12.1 Å². The molecule has 0 aliphatic heterocycles. The van der Waals surface area contributed by atoms with Gasteiger partial charge in [0.2, 0.25) is 0 Å². The van der Waals surface area contributed by atoms with Gasteiger partial charge in [0, 0.05) is 11.9 Å². The largest absolute Gasteiger partial charge is 0.486 e. The Balaban J connectivity index is 1.69. The predicted octanol–water partition coefficient (Wildman–Crippen LogP) is 6.14. The van der Waals surface area contributed by atoms with Crippen LogP contribution in [0.25, 0.3) is 21.1 Å². The first-order valence-electron chi connectivity index (χ1n) is 10.5. The number of para-hydroxylation sites is 1. The van der Waals surface area contributed by atoms with Gasteiger partial charge in [0.15, 0.2) is 0 Å². The molecule has 7 nitrogen and oxygen atoms in total. The van der Waals surface area contributed by atoms with E-state index in [-0.39, 0.29) is 0 Å². The van der Waals surface area contributed by atoms with Crippen LogP contribution in [-0.4, -0.2) is 33.0 Å². The molecular weight excluding hydrogens is 426 g/mol. The van der Waals surface area contributed by atoms with E-state index in [4.69, 9.17) is 9.47 Å². The van der Waals surface area contributed by atoms with Crippen molar-refractivity contribution in [2.75, 3.05) is 11.6 Å². The molecule has 8 heteroatoms. The van der Waals surface area contributed by atoms with Gasteiger partial charge in [0.05, 0.1) is 27.1 Å². The molecule has 2 heterocycles. The van der Waals surface area contributed by atoms with Crippen LogP contribution in [0.5, 0.6) is 5.75 Å². The number of anilines is 1. The number of hydroxylamine groups is 1. The topological polar surface area (TPSA) is 76.8 Å². The SMILES string of the molecule is CCN(O)c1c(C)n(C(=O)OC(C)(C)C)c2ccc(OCc3nc4ccccc4s3)cc12. The number of aromatic nitrogens is 2. The van der Waals surface area contributed by atoms with Crippen LogP contribution in [0.1, 0.15) is 38.4 Å². The Bertz CT molecular complexity index is 1250. The van der Waals surface area contributed by atoms with E-state index >= 15 is 0 Å². The van der Waals surface area contributed by atoms with E-state index in [0.717, 1.165) is 20.3 Å². The van der Waals surface area contributed by atoms with Crippen LogP contribution in [0, 0.1) is 6.92 Å². The summed E-state index contributed by atoms with van der Waals surface area (Å²) in [4.78, 5) is 17.5. The highest BCUT2D eigenvalue weighted by molar-refractivity contribution is 7.18. The maximum atomic E-state index is 12.9. The maximum absolute atomic E-state index is 12.9. The standard InChI is InChI=1S/C24H27N3O4S/c1-6-26(29)22-15(2)27(23(28)31-24(3,4)5)19-12-11-16(13-17(19)22)30-14-21-25-18-9-7-8-10-20(18)32-21/h7-13,29H,6,14H2,1-5H3. The van der Waals surface area contributed by atoms with Crippen molar-refractivity contribution in [2.45, 2.75) is 46.8 Å². The molecule has 0 bridgehead atoms. The first-order chi connectivity index (χ1) is 15.2. The zero-order valence-corrected chi connectivity index (χ0v) is 19.7. The molecule has 0 amide bonds. The van der Waals surface area contributed by atoms with Crippen molar-refractivity contribution in [1.29, 1.82) is 0 Å².